The molecule has 4 heteroatoms. The third-order valence-electron chi connectivity index (χ3n) is 5.92. The van der Waals surface area contributed by atoms with Crippen molar-refractivity contribution in [3.05, 3.63) is 65.4 Å². The van der Waals surface area contributed by atoms with Crippen LogP contribution in [-0.4, -0.2) is 29.0 Å². The van der Waals surface area contributed by atoms with Crippen LogP contribution in [0.3, 0.4) is 0 Å². The molecular formula is C23H24N2O2. The minimum Gasteiger partial charge on any atom is -0.497 e. The molecule has 138 valence electrons. The Kier molecular flexibility index (Phi) is 3.92. The van der Waals surface area contributed by atoms with Crippen molar-refractivity contribution in [2.75, 3.05) is 13.7 Å². The third kappa shape index (κ3) is 2.89. The Morgan fingerprint density at radius 1 is 1.11 bits per heavy atom. The zero-order valence-electron chi connectivity index (χ0n) is 15.6. The summed E-state index contributed by atoms with van der Waals surface area (Å²) in [6, 6.07) is 16.1. The molecule has 0 unspecified atom stereocenters. The zero-order valence-corrected chi connectivity index (χ0v) is 15.6. The number of aromatic nitrogens is 1. The number of nitrogens with zero attached hydrogens (tertiary/aromatic N) is 2. The van der Waals surface area contributed by atoms with Crippen LogP contribution in [0.1, 0.15) is 34.5 Å². The van der Waals surface area contributed by atoms with Gasteiger partial charge in [-0.3, -0.25) is 4.79 Å². The maximum atomic E-state index is 13.0. The molecule has 0 N–H and O–H groups in total. The Hall–Kier alpha value is -2.75. The van der Waals surface area contributed by atoms with Crippen LogP contribution in [0.25, 0.3) is 10.9 Å². The van der Waals surface area contributed by atoms with Crippen molar-refractivity contribution in [3.63, 3.8) is 0 Å². The SMILES string of the molecule is COc1ccc(C(=O)N2CCc3c(c4ccccc4n3CC3CC3)C2)cc1. The van der Waals surface area contributed by atoms with Gasteiger partial charge in [0, 0.05) is 53.8 Å². The molecule has 1 aliphatic heterocycles. The van der Waals surface area contributed by atoms with E-state index in [1.165, 1.54) is 35.0 Å². The first kappa shape index (κ1) is 16.4. The number of carbonyl (C=O) groups excluding carboxylic acids is 1. The molecule has 1 fully saturated rings. The van der Waals surface area contributed by atoms with E-state index in [1.54, 1.807) is 7.11 Å². The van der Waals surface area contributed by atoms with E-state index < -0.39 is 0 Å². The van der Waals surface area contributed by atoms with Crippen LogP contribution in [0, 0.1) is 5.92 Å². The van der Waals surface area contributed by atoms with Gasteiger partial charge >= 0.3 is 0 Å². The van der Waals surface area contributed by atoms with E-state index >= 15 is 0 Å². The van der Waals surface area contributed by atoms with E-state index in [0.717, 1.165) is 36.7 Å². The molecule has 1 amide bonds. The lowest BCUT2D eigenvalue weighted by Gasteiger charge is -2.28. The summed E-state index contributed by atoms with van der Waals surface area (Å²) in [5.41, 5.74) is 4.82. The lowest BCUT2D eigenvalue weighted by atomic mass is 10.0. The van der Waals surface area contributed by atoms with Crippen molar-refractivity contribution in [1.29, 1.82) is 0 Å². The van der Waals surface area contributed by atoms with Gasteiger partial charge in [0.15, 0.2) is 0 Å². The highest BCUT2D eigenvalue weighted by atomic mass is 16.5. The molecule has 0 atom stereocenters. The number of para-hydroxylation sites is 1. The van der Waals surface area contributed by atoms with E-state index in [9.17, 15) is 4.79 Å². The van der Waals surface area contributed by atoms with Crippen LogP contribution < -0.4 is 4.74 Å². The average molecular weight is 360 g/mol. The zero-order chi connectivity index (χ0) is 18.4. The van der Waals surface area contributed by atoms with Gasteiger partial charge in [0.1, 0.15) is 5.75 Å². The molecule has 1 aromatic heterocycles. The Bertz CT molecular complexity index is 999. The molecular weight excluding hydrogens is 336 g/mol. The number of ether oxygens (including phenoxy) is 1. The lowest BCUT2D eigenvalue weighted by molar-refractivity contribution is 0.0734. The summed E-state index contributed by atoms with van der Waals surface area (Å²) < 4.78 is 7.73. The number of carbonyl (C=O) groups is 1. The summed E-state index contributed by atoms with van der Waals surface area (Å²) in [4.78, 5) is 15.0. The summed E-state index contributed by atoms with van der Waals surface area (Å²) in [7, 11) is 1.64. The normalized spacial score (nSPS) is 16.4. The highest BCUT2D eigenvalue weighted by molar-refractivity contribution is 5.95. The minimum absolute atomic E-state index is 0.0994. The number of benzene rings is 2. The molecule has 2 aliphatic rings. The molecule has 2 heterocycles. The number of hydrogen-bond acceptors (Lipinski definition) is 2. The van der Waals surface area contributed by atoms with Gasteiger partial charge in [-0.15, -0.1) is 0 Å². The number of rotatable bonds is 4. The molecule has 0 bridgehead atoms. The van der Waals surface area contributed by atoms with Crippen LogP contribution in [0.2, 0.25) is 0 Å². The predicted molar refractivity (Wildman–Crippen MR) is 106 cm³/mol. The Morgan fingerprint density at radius 2 is 1.89 bits per heavy atom. The standard InChI is InChI=1S/C23H24N2O2/c1-27-18-10-8-17(9-11-18)23(26)24-13-12-22-20(15-24)19-4-2-3-5-21(19)25(22)14-16-6-7-16/h2-5,8-11,16H,6-7,12-15H2,1H3. The summed E-state index contributed by atoms with van der Waals surface area (Å²) in [5, 5.41) is 1.31. The first-order valence-corrected chi connectivity index (χ1v) is 9.77. The Morgan fingerprint density at radius 3 is 2.63 bits per heavy atom. The fourth-order valence-electron chi connectivity index (χ4n) is 4.26. The van der Waals surface area contributed by atoms with E-state index in [0.29, 0.717) is 6.54 Å². The van der Waals surface area contributed by atoms with E-state index in [2.05, 4.69) is 28.8 Å². The maximum Gasteiger partial charge on any atom is 0.254 e. The number of amides is 1. The first-order chi connectivity index (χ1) is 13.2. The highest BCUT2D eigenvalue weighted by Gasteiger charge is 2.29. The van der Waals surface area contributed by atoms with Crippen molar-refractivity contribution < 1.29 is 9.53 Å². The van der Waals surface area contributed by atoms with Crippen molar-refractivity contribution in [3.8, 4) is 5.75 Å². The van der Waals surface area contributed by atoms with Crippen molar-refractivity contribution in [2.45, 2.75) is 32.4 Å². The molecule has 4 nitrogen and oxygen atoms in total. The summed E-state index contributed by atoms with van der Waals surface area (Å²) in [5.74, 6) is 1.71. The van der Waals surface area contributed by atoms with E-state index in [4.69, 9.17) is 4.74 Å². The molecule has 3 aromatic rings. The molecule has 27 heavy (non-hydrogen) atoms. The Labute approximate surface area is 159 Å². The fraction of sp³-hybridized carbons (Fsp3) is 0.348. The fourth-order valence-corrected chi connectivity index (χ4v) is 4.26. The molecule has 0 saturated heterocycles. The summed E-state index contributed by atoms with van der Waals surface area (Å²) in [6.07, 6.45) is 3.63. The predicted octanol–water partition coefficient (Wildman–Crippen LogP) is 4.26. The van der Waals surface area contributed by atoms with Crippen LogP contribution in [0.5, 0.6) is 5.75 Å². The third-order valence-corrected chi connectivity index (χ3v) is 5.92. The topological polar surface area (TPSA) is 34.5 Å². The summed E-state index contributed by atoms with van der Waals surface area (Å²) in [6.45, 7) is 2.60. The highest BCUT2D eigenvalue weighted by Crippen LogP contribution is 2.36. The number of hydrogen-bond donors (Lipinski definition) is 0. The van der Waals surface area contributed by atoms with Crippen LogP contribution in [0.4, 0.5) is 0 Å². The average Bonchev–Trinajstić information content (AvgIpc) is 3.50. The summed E-state index contributed by atoms with van der Waals surface area (Å²) >= 11 is 0. The van der Waals surface area contributed by atoms with E-state index in [-0.39, 0.29) is 5.91 Å². The molecule has 2 aromatic carbocycles. The van der Waals surface area contributed by atoms with Crippen LogP contribution in [0.15, 0.2) is 48.5 Å². The maximum absolute atomic E-state index is 13.0. The molecule has 5 rings (SSSR count). The van der Waals surface area contributed by atoms with Gasteiger partial charge in [0.05, 0.1) is 7.11 Å². The van der Waals surface area contributed by atoms with Crippen LogP contribution >= 0.6 is 0 Å². The van der Waals surface area contributed by atoms with Gasteiger partial charge in [-0.2, -0.15) is 0 Å². The Balaban J connectivity index is 1.47. The lowest BCUT2D eigenvalue weighted by Crippen LogP contribution is -2.36. The molecule has 0 spiro atoms. The van der Waals surface area contributed by atoms with Gasteiger partial charge in [-0.05, 0) is 49.1 Å². The van der Waals surface area contributed by atoms with Gasteiger partial charge in [-0.1, -0.05) is 18.2 Å². The minimum atomic E-state index is 0.0994. The molecule has 0 radical (unpaired) electrons. The second-order valence-electron chi connectivity index (χ2n) is 7.70. The molecule has 1 saturated carbocycles. The molecule has 1 aliphatic carbocycles. The second-order valence-corrected chi connectivity index (χ2v) is 7.70. The largest absolute Gasteiger partial charge is 0.497 e. The van der Waals surface area contributed by atoms with Crippen molar-refractivity contribution in [2.24, 2.45) is 5.92 Å². The first-order valence-electron chi connectivity index (χ1n) is 9.77. The number of methoxy groups -OCH3 is 1. The van der Waals surface area contributed by atoms with Crippen molar-refractivity contribution >= 4 is 16.8 Å². The van der Waals surface area contributed by atoms with Gasteiger partial charge in [-0.25, -0.2) is 0 Å². The van der Waals surface area contributed by atoms with Gasteiger partial charge < -0.3 is 14.2 Å². The smallest absolute Gasteiger partial charge is 0.254 e. The quantitative estimate of drug-likeness (QED) is 0.697. The van der Waals surface area contributed by atoms with Crippen molar-refractivity contribution in [1.82, 2.24) is 9.47 Å². The number of fused-ring (bicyclic) bond motifs is 3. The van der Waals surface area contributed by atoms with E-state index in [1.807, 2.05) is 29.2 Å². The second kappa shape index (κ2) is 6.45. The monoisotopic (exact) mass is 360 g/mol. The van der Waals surface area contributed by atoms with Gasteiger partial charge in [0.25, 0.3) is 5.91 Å². The van der Waals surface area contributed by atoms with Gasteiger partial charge in [0.2, 0.25) is 0 Å². The van der Waals surface area contributed by atoms with Crippen LogP contribution in [-0.2, 0) is 19.5 Å².